The molecule has 0 unspecified atom stereocenters. The van der Waals surface area contributed by atoms with Crippen LogP contribution in [0.15, 0.2) is 67.0 Å². The van der Waals surface area contributed by atoms with E-state index in [0.29, 0.717) is 5.75 Å². The molecule has 1 amide bonds. The van der Waals surface area contributed by atoms with Gasteiger partial charge in [0.15, 0.2) is 6.10 Å². The van der Waals surface area contributed by atoms with Crippen molar-refractivity contribution in [2.45, 2.75) is 19.2 Å². The zero-order chi connectivity index (χ0) is 19.4. The molecule has 0 saturated heterocycles. The maximum atomic E-state index is 13.5. The Morgan fingerprint density at radius 3 is 2.52 bits per heavy atom. The molecule has 1 N–H and O–H groups in total. The average molecular weight is 375 g/mol. The van der Waals surface area contributed by atoms with Crippen molar-refractivity contribution in [2.24, 2.45) is 0 Å². The van der Waals surface area contributed by atoms with Crippen molar-refractivity contribution in [3.63, 3.8) is 0 Å². The second-order valence-electron chi connectivity index (χ2n) is 5.74. The summed E-state index contributed by atoms with van der Waals surface area (Å²) in [5, 5.41) is 6.21. The number of para-hydroxylation sites is 1. The van der Waals surface area contributed by atoms with E-state index in [1.165, 1.54) is 36.1 Å². The highest BCUT2D eigenvalue weighted by Crippen LogP contribution is 2.36. The summed E-state index contributed by atoms with van der Waals surface area (Å²) in [7, 11) is 0. The van der Waals surface area contributed by atoms with Crippen molar-refractivity contribution in [3.8, 4) is 11.4 Å². The number of halogens is 3. The van der Waals surface area contributed by atoms with Gasteiger partial charge in [-0.3, -0.25) is 4.79 Å². The molecule has 0 radical (unpaired) electrons. The zero-order valence-corrected chi connectivity index (χ0v) is 14.3. The molecule has 0 aliphatic heterocycles. The minimum Gasteiger partial charge on any atom is -0.481 e. The van der Waals surface area contributed by atoms with Gasteiger partial charge in [0.1, 0.15) is 5.75 Å². The van der Waals surface area contributed by atoms with Crippen LogP contribution in [-0.2, 0) is 11.0 Å². The Labute approximate surface area is 153 Å². The minimum atomic E-state index is -4.64. The van der Waals surface area contributed by atoms with Gasteiger partial charge in [-0.1, -0.05) is 18.2 Å². The average Bonchev–Trinajstić information content (AvgIpc) is 3.16. The molecule has 3 aromatic rings. The lowest BCUT2D eigenvalue weighted by Gasteiger charge is -2.18. The number of amides is 1. The predicted molar refractivity (Wildman–Crippen MR) is 93.7 cm³/mol. The molecule has 8 heteroatoms. The molecule has 27 heavy (non-hydrogen) atoms. The fourth-order valence-corrected chi connectivity index (χ4v) is 2.43. The summed E-state index contributed by atoms with van der Waals surface area (Å²) in [6, 6.07) is 13.7. The van der Waals surface area contributed by atoms with Crippen LogP contribution in [0.3, 0.4) is 0 Å². The largest absolute Gasteiger partial charge is 0.481 e. The number of carbonyl (C=O) groups is 1. The van der Waals surface area contributed by atoms with Crippen LogP contribution < -0.4 is 10.1 Å². The number of nitrogens with zero attached hydrogens (tertiary/aromatic N) is 2. The van der Waals surface area contributed by atoms with Crippen molar-refractivity contribution in [1.29, 1.82) is 0 Å². The van der Waals surface area contributed by atoms with E-state index in [2.05, 4.69) is 10.4 Å². The van der Waals surface area contributed by atoms with E-state index >= 15 is 0 Å². The van der Waals surface area contributed by atoms with Crippen LogP contribution in [0, 0.1) is 0 Å². The molecule has 0 spiro atoms. The predicted octanol–water partition coefficient (Wildman–Crippen LogP) is 4.30. The van der Waals surface area contributed by atoms with E-state index in [-0.39, 0.29) is 11.4 Å². The first-order valence-corrected chi connectivity index (χ1v) is 8.08. The summed E-state index contributed by atoms with van der Waals surface area (Å²) in [6.07, 6.45) is -2.62. The van der Waals surface area contributed by atoms with E-state index < -0.39 is 23.8 Å². The number of nitrogens with one attached hydrogen (secondary N) is 1. The van der Waals surface area contributed by atoms with Crippen molar-refractivity contribution in [2.75, 3.05) is 5.32 Å². The molecule has 3 rings (SSSR count). The summed E-state index contributed by atoms with van der Waals surface area (Å²) in [5.41, 5.74) is -1.07. The number of benzene rings is 2. The zero-order valence-electron chi connectivity index (χ0n) is 14.3. The van der Waals surface area contributed by atoms with E-state index in [9.17, 15) is 18.0 Å². The van der Waals surface area contributed by atoms with E-state index in [1.807, 2.05) is 0 Å². The lowest BCUT2D eigenvalue weighted by atomic mass is 10.1. The van der Waals surface area contributed by atoms with E-state index in [1.54, 1.807) is 36.4 Å². The smallest absolute Gasteiger partial charge is 0.418 e. The van der Waals surface area contributed by atoms with Crippen LogP contribution >= 0.6 is 0 Å². The summed E-state index contributed by atoms with van der Waals surface area (Å²) >= 11 is 0. The number of hydrogen-bond acceptors (Lipinski definition) is 3. The Bertz CT molecular complexity index is 910. The number of carbonyl (C=O) groups excluding carboxylic acids is 1. The molecule has 0 aliphatic carbocycles. The Kier molecular flexibility index (Phi) is 5.16. The quantitative estimate of drug-likeness (QED) is 0.724. The van der Waals surface area contributed by atoms with Gasteiger partial charge in [-0.2, -0.15) is 18.3 Å². The molecule has 2 aromatic carbocycles. The number of rotatable bonds is 5. The third kappa shape index (κ3) is 4.46. The third-order valence-corrected chi connectivity index (χ3v) is 3.76. The molecule has 5 nitrogen and oxygen atoms in total. The number of aromatic nitrogens is 2. The molecule has 0 fully saturated rings. The summed E-state index contributed by atoms with van der Waals surface area (Å²) < 4.78 is 47.1. The first-order valence-electron chi connectivity index (χ1n) is 8.08. The normalized spacial score (nSPS) is 12.4. The molecule has 1 heterocycles. The number of hydrogen-bond donors (Lipinski definition) is 1. The van der Waals surface area contributed by atoms with Gasteiger partial charge in [0, 0.05) is 12.4 Å². The molecular weight excluding hydrogens is 359 g/mol. The van der Waals surface area contributed by atoms with Crippen LogP contribution in [0.4, 0.5) is 18.9 Å². The van der Waals surface area contributed by atoms with Crippen molar-refractivity contribution < 1.29 is 22.7 Å². The summed E-state index contributed by atoms with van der Waals surface area (Å²) in [4.78, 5) is 12.3. The fourth-order valence-electron chi connectivity index (χ4n) is 2.43. The highest BCUT2D eigenvalue weighted by molar-refractivity contribution is 5.95. The topological polar surface area (TPSA) is 56.1 Å². The Morgan fingerprint density at radius 2 is 1.89 bits per heavy atom. The van der Waals surface area contributed by atoms with E-state index in [0.717, 1.165) is 6.07 Å². The van der Waals surface area contributed by atoms with Crippen LogP contribution in [0.25, 0.3) is 5.69 Å². The van der Waals surface area contributed by atoms with Gasteiger partial charge in [-0.25, -0.2) is 4.68 Å². The molecule has 0 bridgehead atoms. The lowest BCUT2D eigenvalue weighted by molar-refractivity contribution is -0.137. The van der Waals surface area contributed by atoms with E-state index in [4.69, 9.17) is 4.74 Å². The van der Waals surface area contributed by atoms with Gasteiger partial charge >= 0.3 is 6.18 Å². The molecule has 1 aromatic heterocycles. The van der Waals surface area contributed by atoms with Gasteiger partial charge in [0.2, 0.25) is 0 Å². The number of anilines is 1. The van der Waals surface area contributed by atoms with Gasteiger partial charge in [-0.15, -0.1) is 0 Å². The number of alkyl halides is 3. The Morgan fingerprint density at radius 1 is 1.15 bits per heavy atom. The fraction of sp³-hybridized carbons (Fsp3) is 0.158. The SMILES string of the molecule is C[C@H](Oc1ccccc1)C(=O)Nc1ccc(-n2cccn2)cc1C(F)(F)F. The molecule has 0 saturated carbocycles. The lowest BCUT2D eigenvalue weighted by Crippen LogP contribution is -2.31. The second-order valence-corrected chi connectivity index (χ2v) is 5.74. The van der Waals surface area contributed by atoms with Crippen LogP contribution in [0.5, 0.6) is 5.75 Å². The highest BCUT2D eigenvalue weighted by atomic mass is 19.4. The van der Waals surface area contributed by atoms with Crippen molar-refractivity contribution in [3.05, 3.63) is 72.6 Å². The maximum absolute atomic E-state index is 13.5. The summed E-state index contributed by atoms with van der Waals surface area (Å²) in [6.45, 7) is 1.47. The monoisotopic (exact) mass is 375 g/mol. The molecule has 0 aliphatic rings. The minimum absolute atomic E-state index is 0.235. The Hall–Kier alpha value is -3.29. The molecular formula is C19H16F3N3O2. The Balaban J connectivity index is 1.82. The van der Waals surface area contributed by atoms with Crippen LogP contribution in [-0.4, -0.2) is 21.8 Å². The number of ether oxygens (including phenoxy) is 1. The molecule has 1 atom stereocenters. The van der Waals surface area contributed by atoms with Gasteiger partial charge in [0.05, 0.1) is 16.9 Å². The first-order chi connectivity index (χ1) is 12.8. The van der Waals surface area contributed by atoms with Crippen molar-refractivity contribution >= 4 is 11.6 Å². The highest BCUT2D eigenvalue weighted by Gasteiger charge is 2.35. The van der Waals surface area contributed by atoms with Crippen molar-refractivity contribution in [1.82, 2.24) is 9.78 Å². The molecule has 140 valence electrons. The van der Waals surface area contributed by atoms with Gasteiger partial charge < -0.3 is 10.1 Å². The summed E-state index contributed by atoms with van der Waals surface area (Å²) in [5.74, 6) is -0.235. The third-order valence-electron chi connectivity index (χ3n) is 3.76. The van der Waals surface area contributed by atoms with Gasteiger partial charge in [-0.05, 0) is 43.3 Å². The van der Waals surface area contributed by atoms with Crippen LogP contribution in [0.2, 0.25) is 0 Å². The first kappa shape index (κ1) is 18.5. The van der Waals surface area contributed by atoms with Gasteiger partial charge in [0.25, 0.3) is 5.91 Å². The standard InChI is InChI=1S/C19H16F3N3O2/c1-13(27-15-6-3-2-4-7-15)18(26)24-17-9-8-14(25-11-5-10-23-25)12-16(17)19(20,21)22/h2-13H,1H3,(H,24,26)/t13-/m0/s1. The maximum Gasteiger partial charge on any atom is 0.418 e. The second kappa shape index (κ2) is 7.53. The van der Waals surface area contributed by atoms with Crippen LogP contribution in [0.1, 0.15) is 12.5 Å².